The molecule has 1 unspecified atom stereocenters. The molecule has 0 amide bonds. The maximum absolute atomic E-state index is 9.69. The molecule has 2 atom stereocenters. The van der Waals surface area contributed by atoms with Crippen molar-refractivity contribution in [2.45, 2.75) is 39.2 Å². The van der Waals surface area contributed by atoms with Crippen molar-refractivity contribution in [3.8, 4) is 5.75 Å². The molecule has 0 spiro atoms. The fourth-order valence-electron chi connectivity index (χ4n) is 2.02. The van der Waals surface area contributed by atoms with Gasteiger partial charge in [0.2, 0.25) is 0 Å². The van der Waals surface area contributed by atoms with E-state index in [2.05, 4.69) is 19.9 Å². The van der Waals surface area contributed by atoms with E-state index in [-0.39, 0.29) is 6.10 Å². The molecule has 1 aliphatic carbocycles. The zero-order valence-electron chi connectivity index (χ0n) is 10.1. The Balaban J connectivity index is 2.02. The molecule has 1 N–H and O–H groups in total. The molecule has 0 heterocycles. The summed E-state index contributed by atoms with van der Waals surface area (Å²) in [7, 11) is 0. The van der Waals surface area contributed by atoms with Crippen LogP contribution in [0.3, 0.4) is 0 Å². The number of aliphatic hydroxyl groups is 1. The van der Waals surface area contributed by atoms with Crippen molar-refractivity contribution in [1.82, 2.24) is 0 Å². The van der Waals surface area contributed by atoms with E-state index in [0.29, 0.717) is 5.92 Å². The van der Waals surface area contributed by atoms with E-state index in [1.54, 1.807) is 0 Å². The Morgan fingerprint density at radius 1 is 1.50 bits per heavy atom. The predicted molar refractivity (Wildman–Crippen MR) is 64.7 cm³/mol. The number of aliphatic hydroxyl groups excluding tert-OH is 1. The monoisotopic (exact) mass is 220 g/mol. The highest BCUT2D eigenvalue weighted by Gasteiger charge is 2.20. The first-order valence-corrected chi connectivity index (χ1v) is 6.14. The lowest BCUT2D eigenvalue weighted by Crippen LogP contribution is -2.07. The maximum Gasteiger partial charge on any atom is 0.119 e. The molecular formula is C14H20O2. The Morgan fingerprint density at radius 2 is 2.31 bits per heavy atom. The van der Waals surface area contributed by atoms with Crippen LogP contribution in [0.15, 0.2) is 18.2 Å². The second-order valence-corrected chi connectivity index (χ2v) is 4.74. The van der Waals surface area contributed by atoms with E-state index in [1.165, 1.54) is 5.56 Å². The summed E-state index contributed by atoms with van der Waals surface area (Å²) in [5, 5.41) is 9.69. The van der Waals surface area contributed by atoms with E-state index in [9.17, 15) is 5.11 Å². The molecule has 0 radical (unpaired) electrons. The van der Waals surface area contributed by atoms with Crippen molar-refractivity contribution in [2.24, 2.45) is 5.92 Å². The minimum atomic E-state index is -0.265. The third-order valence-corrected chi connectivity index (χ3v) is 3.39. The first-order valence-electron chi connectivity index (χ1n) is 6.14. The average Bonchev–Trinajstić information content (AvgIpc) is 2.67. The molecular weight excluding hydrogens is 200 g/mol. The number of hydrogen-bond acceptors (Lipinski definition) is 2. The minimum Gasteiger partial charge on any atom is -0.493 e. The zero-order chi connectivity index (χ0) is 11.5. The highest BCUT2D eigenvalue weighted by atomic mass is 16.5. The number of aryl methyl sites for hydroxylation is 1. The molecule has 0 aliphatic heterocycles. The van der Waals surface area contributed by atoms with Crippen molar-refractivity contribution in [3.05, 3.63) is 29.3 Å². The Labute approximate surface area is 97.3 Å². The van der Waals surface area contributed by atoms with Gasteiger partial charge in [0.15, 0.2) is 0 Å². The molecule has 16 heavy (non-hydrogen) atoms. The third kappa shape index (κ3) is 2.38. The molecule has 88 valence electrons. The number of benzene rings is 1. The van der Waals surface area contributed by atoms with Crippen LogP contribution in [0.25, 0.3) is 0 Å². The smallest absolute Gasteiger partial charge is 0.119 e. The van der Waals surface area contributed by atoms with Crippen LogP contribution in [0.1, 0.15) is 43.9 Å². The van der Waals surface area contributed by atoms with Gasteiger partial charge in [0.1, 0.15) is 5.75 Å². The van der Waals surface area contributed by atoms with Crippen molar-refractivity contribution >= 4 is 0 Å². The summed E-state index contributed by atoms with van der Waals surface area (Å²) in [6, 6.07) is 6.04. The molecule has 1 aromatic carbocycles. The summed E-state index contributed by atoms with van der Waals surface area (Å²) < 4.78 is 5.74. The lowest BCUT2D eigenvalue weighted by Gasteiger charge is -2.12. The minimum absolute atomic E-state index is 0.265. The number of rotatable bonds is 4. The van der Waals surface area contributed by atoms with Gasteiger partial charge < -0.3 is 9.84 Å². The van der Waals surface area contributed by atoms with Crippen LogP contribution < -0.4 is 4.74 Å². The van der Waals surface area contributed by atoms with Gasteiger partial charge in [0.05, 0.1) is 12.7 Å². The Kier molecular flexibility index (Phi) is 3.49. The molecule has 0 fully saturated rings. The van der Waals surface area contributed by atoms with E-state index in [0.717, 1.165) is 37.2 Å². The van der Waals surface area contributed by atoms with Crippen molar-refractivity contribution in [3.63, 3.8) is 0 Å². The van der Waals surface area contributed by atoms with Gasteiger partial charge >= 0.3 is 0 Å². The van der Waals surface area contributed by atoms with Crippen LogP contribution in [0.5, 0.6) is 5.75 Å². The Morgan fingerprint density at radius 3 is 3.06 bits per heavy atom. The molecule has 0 aromatic heterocycles. The van der Waals surface area contributed by atoms with E-state index < -0.39 is 0 Å². The molecule has 1 aliphatic rings. The first kappa shape index (κ1) is 11.5. The van der Waals surface area contributed by atoms with Crippen molar-refractivity contribution in [1.29, 1.82) is 0 Å². The van der Waals surface area contributed by atoms with Crippen LogP contribution in [0.2, 0.25) is 0 Å². The summed E-state index contributed by atoms with van der Waals surface area (Å²) in [5.41, 5.74) is 2.32. The summed E-state index contributed by atoms with van der Waals surface area (Å²) in [6.07, 6.45) is 2.70. The van der Waals surface area contributed by atoms with Crippen LogP contribution in [-0.4, -0.2) is 11.7 Å². The quantitative estimate of drug-likeness (QED) is 0.845. The van der Waals surface area contributed by atoms with E-state index in [4.69, 9.17) is 4.74 Å². The zero-order valence-corrected chi connectivity index (χ0v) is 10.1. The average molecular weight is 220 g/mol. The Bertz CT molecular complexity index is 360. The molecule has 0 bridgehead atoms. The number of hydrogen-bond donors (Lipinski definition) is 1. The molecule has 2 nitrogen and oxygen atoms in total. The van der Waals surface area contributed by atoms with E-state index in [1.807, 2.05) is 12.1 Å². The van der Waals surface area contributed by atoms with Crippen LogP contribution >= 0.6 is 0 Å². The largest absolute Gasteiger partial charge is 0.493 e. The molecule has 2 heteroatoms. The lowest BCUT2D eigenvalue weighted by molar-refractivity contribution is 0.180. The van der Waals surface area contributed by atoms with Gasteiger partial charge in [-0.3, -0.25) is 0 Å². The van der Waals surface area contributed by atoms with Crippen LogP contribution in [-0.2, 0) is 6.42 Å². The Hall–Kier alpha value is -1.02. The van der Waals surface area contributed by atoms with Crippen molar-refractivity contribution < 1.29 is 9.84 Å². The van der Waals surface area contributed by atoms with Crippen LogP contribution in [0.4, 0.5) is 0 Å². The van der Waals surface area contributed by atoms with E-state index >= 15 is 0 Å². The van der Waals surface area contributed by atoms with Gasteiger partial charge in [-0.05, 0) is 42.0 Å². The first-order chi connectivity index (χ1) is 7.70. The summed E-state index contributed by atoms with van der Waals surface area (Å²) in [6.45, 7) is 5.14. The highest BCUT2D eigenvalue weighted by Crippen LogP contribution is 2.33. The second-order valence-electron chi connectivity index (χ2n) is 4.74. The predicted octanol–water partition coefficient (Wildman–Crippen LogP) is 3.09. The lowest BCUT2D eigenvalue weighted by atomic mass is 10.1. The van der Waals surface area contributed by atoms with Crippen LogP contribution in [0, 0.1) is 5.92 Å². The third-order valence-electron chi connectivity index (χ3n) is 3.39. The standard InChI is InChI=1S/C14H20O2/c1-3-10(2)9-16-12-5-6-13-11(8-12)4-7-14(13)15/h5-6,8,10,14-15H,3-4,7,9H2,1-2H3/t10?,14-/m0/s1. The summed E-state index contributed by atoms with van der Waals surface area (Å²) >= 11 is 0. The highest BCUT2D eigenvalue weighted by molar-refractivity contribution is 5.39. The molecule has 0 saturated carbocycles. The maximum atomic E-state index is 9.69. The van der Waals surface area contributed by atoms with Gasteiger partial charge in [-0.25, -0.2) is 0 Å². The number of fused-ring (bicyclic) bond motifs is 1. The normalized spacial score (nSPS) is 20.6. The van der Waals surface area contributed by atoms with Gasteiger partial charge in [-0.15, -0.1) is 0 Å². The van der Waals surface area contributed by atoms with Gasteiger partial charge in [0, 0.05) is 0 Å². The fraction of sp³-hybridized carbons (Fsp3) is 0.571. The van der Waals surface area contributed by atoms with Gasteiger partial charge in [-0.2, -0.15) is 0 Å². The summed E-state index contributed by atoms with van der Waals surface area (Å²) in [4.78, 5) is 0. The molecule has 0 saturated heterocycles. The van der Waals surface area contributed by atoms with Gasteiger partial charge in [0.25, 0.3) is 0 Å². The van der Waals surface area contributed by atoms with Crippen molar-refractivity contribution in [2.75, 3.05) is 6.61 Å². The summed E-state index contributed by atoms with van der Waals surface area (Å²) in [5.74, 6) is 1.53. The number of ether oxygens (including phenoxy) is 1. The molecule has 2 rings (SSSR count). The fourth-order valence-corrected chi connectivity index (χ4v) is 2.02. The molecule has 1 aromatic rings. The second kappa shape index (κ2) is 4.88. The SMILES string of the molecule is CCC(C)COc1ccc2c(c1)CC[C@@H]2O. The van der Waals surface area contributed by atoms with Gasteiger partial charge in [-0.1, -0.05) is 26.3 Å². The topological polar surface area (TPSA) is 29.5 Å².